The highest BCUT2D eigenvalue weighted by molar-refractivity contribution is 7.85. The summed E-state index contributed by atoms with van der Waals surface area (Å²) in [6.07, 6.45) is 2.33. The van der Waals surface area contributed by atoms with Gasteiger partial charge in [0.15, 0.2) is 5.82 Å². The minimum Gasteiger partial charge on any atom is -0.490 e. The Morgan fingerprint density at radius 2 is 2.09 bits per heavy atom. The van der Waals surface area contributed by atoms with Gasteiger partial charge in [0.25, 0.3) is 10.1 Å². The third-order valence-electron chi connectivity index (χ3n) is 2.83. The molecule has 0 atom stereocenters. The van der Waals surface area contributed by atoms with Gasteiger partial charge in [0.05, 0.1) is 24.9 Å². The number of nitro benzene ring substituents is 1. The molecule has 2 aromatic rings. The van der Waals surface area contributed by atoms with Gasteiger partial charge < -0.3 is 4.74 Å². The zero-order chi connectivity index (χ0) is 17.2. The van der Waals surface area contributed by atoms with Gasteiger partial charge >= 0.3 is 5.69 Å². The summed E-state index contributed by atoms with van der Waals surface area (Å²) in [5.74, 6) is 0.192. The summed E-state index contributed by atoms with van der Waals surface area (Å²) in [6.45, 7) is -0.399. The van der Waals surface area contributed by atoms with E-state index in [0.29, 0.717) is 5.56 Å². The maximum absolute atomic E-state index is 11.2. The molecule has 11 heteroatoms. The highest BCUT2D eigenvalue weighted by Crippen LogP contribution is 2.35. The van der Waals surface area contributed by atoms with E-state index in [9.17, 15) is 18.5 Å². The number of ether oxygens (including phenoxy) is 1. The van der Waals surface area contributed by atoms with Crippen LogP contribution in [0, 0.1) is 10.1 Å². The van der Waals surface area contributed by atoms with Gasteiger partial charge in [0.2, 0.25) is 5.75 Å². The molecule has 1 aromatic carbocycles. The van der Waals surface area contributed by atoms with Crippen LogP contribution in [0.4, 0.5) is 5.69 Å². The van der Waals surface area contributed by atoms with Crippen molar-refractivity contribution < 1.29 is 22.3 Å². The second kappa shape index (κ2) is 6.30. The van der Waals surface area contributed by atoms with E-state index >= 15 is 0 Å². The summed E-state index contributed by atoms with van der Waals surface area (Å²) in [6, 6.07) is 2.75. The van der Waals surface area contributed by atoms with Crippen LogP contribution in [-0.2, 0) is 28.0 Å². The maximum Gasteiger partial charge on any atom is 0.312 e. The lowest BCUT2D eigenvalue weighted by Crippen LogP contribution is -2.06. The van der Waals surface area contributed by atoms with Crippen molar-refractivity contribution in [3.05, 3.63) is 34.1 Å². The fourth-order valence-corrected chi connectivity index (χ4v) is 2.26. The van der Waals surface area contributed by atoms with Crippen molar-refractivity contribution in [1.29, 1.82) is 0 Å². The molecule has 1 aromatic heterocycles. The minimum absolute atomic E-state index is 0.0710. The van der Waals surface area contributed by atoms with Crippen LogP contribution in [-0.4, -0.2) is 41.5 Å². The third-order valence-corrected chi connectivity index (χ3v) is 3.38. The summed E-state index contributed by atoms with van der Waals surface area (Å²) >= 11 is 0. The number of hydrogen-bond acceptors (Lipinski definition) is 8. The number of rotatable bonds is 6. The Labute approximate surface area is 131 Å². The summed E-state index contributed by atoms with van der Waals surface area (Å²) in [4.78, 5) is 14.6. The average molecular weight is 342 g/mol. The second-order valence-corrected chi connectivity index (χ2v) is 6.30. The molecular weight excluding hydrogens is 328 g/mol. The molecule has 0 radical (unpaired) electrons. The van der Waals surface area contributed by atoms with Gasteiger partial charge in [0, 0.05) is 24.2 Å². The van der Waals surface area contributed by atoms with Gasteiger partial charge in [-0.15, -0.1) is 0 Å². The monoisotopic (exact) mass is 342 g/mol. The van der Waals surface area contributed by atoms with E-state index in [1.807, 2.05) is 0 Å². The zero-order valence-corrected chi connectivity index (χ0v) is 13.4. The summed E-state index contributed by atoms with van der Waals surface area (Å²) < 4.78 is 33.5. The molecule has 2 rings (SSSR count). The van der Waals surface area contributed by atoms with Crippen LogP contribution >= 0.6 is 0 Å². The van der Waals surface area contributed by atoms with E-state index in [2.05, 4.69) is 10.1 Å². The molecule has 0 amide bonds. The molecule has 0 spiro atoms. The van der Waals surface area contributed by atoms with Crippen LogP contribution in [0.5, 0.6) is 5.75 Å². The maximum atomic E-state index is 11.2. The Kier molecular flexibility index (Phi) is 4.61. The molecule has 0 N–H and O–H groups in total. The number of nitrogens with zero attached hydrogens (tertiary/aromatic N) is 4. The molecule has 0 aliphatic carbocycles. The zero-order valence-electron chi connectivity index (χ0n) is 12.6. The fraction of sp³-hybridized carbons (Fsp3) is 0.333. The molecular formula is C12H14N4O6S. The quantitative estimate of drug-likeness (QED) is 0.430. The molecule has 0 fully saturated rings. The first-order valence-corrected chi connectivity index (χ1v) is 8.08. The second-order valence-electron chi connectivity index (χ2n) is 4.65. The number of hydrogen-bond donors (Lipinski definition) is 0. The molecule has 0 saturated heterocycles. The number of benzene rings is 1. The van der Waals surface area contributed by atoms with Crippen molar-refractivity contribution in [2.45, 2.75) is 6.61 Å². The van der Waals surface area contributed by atoms with E-state index in [0.717, 1.165) is 6.26 Å². The SMILES string of the molecule is COc1c(COS(C)(=O)=O)cc(-c2ncn(C)n2)cc1[N+](=O)[O-]. The van der Waals surface area contributed by atoms with Crippen molar-refractivity contribution in [1.82, 2.24) is 14.8 Å². The molecule has 10 nitrogen and oxygen atoms in total. The topological polar surface area (TPSA) is 126 Å². The Morgan fingerprint density at radius 3 is 2.57 bits per heavy atom. The van der Waals surface area contributed by atoms with Crippen LogP contribution in [0.25, 0.3) is 11.4 Å². The first kappa shape index (κ1) is 16.8. The van der Waals surface area contributed by atoms with E-state index in [1.54, 1.807) is 7.05 Å². The molecule has 0 aliphatic rings. The molecule has 0 saturated carbocycles. The van der Waals surface area contributed by atoms with Crippen molar-refractivity contribution in [3.63, 3.8) is 0 Å². The highest BCUT2D eigenvalue weighted by Gasteiger charge is 2.23. The fourth-order valence-electron chi connectivity index (χ4n) is 1.92. The number of aryl methyl sites for hydroxylation is 1. The molecule has 0 aliphatic heterocycles. The summed E-state index contributed by atoms with van der Waals surface area (Å²) in [7, 11) is -0.805. The molecule has 23 heavy (non-hydrogen) atoms. The standard InChI is InChI=1S/C12H14N4O6S/c1-15-7-13-12(14-15)8-4-9(6-22-23(3,19)20)11(21-2)10(5-8)16(17)18/h4-5,7H,6H2,1-3H3. The van der Waals surface area contributed by atoms with Crippen LogP contribution in [0.1, 0.15) is 5.56 Å². The molecule has 1 heterocycles. The largest absolute Gasteiger partial charge is 0.490 e. The number of methoxy groups -OCH3 is 1. The van der Waals surface area contributed by atoms with Crippen molar-refractivity contribution in [2.24, 2.45) is 7.05 Å². The molecule has 0 bridgehead atoms. The normalized spacial score (nSPS) is 11.4. The van der Waals surface area contributed by atoms with Crippen LogP contribution in [0.3, 0.4) is 0 Å². The van der Waals surface area contributed by atoms with Gasteiger partial charge in [-0.3, -0.25) is 19.0 Å². The lowest BCUT2D eigenvalue weighted by atomic mass is 10.1. The Bertz CT molecular complexity index is 845. The first-order valence-electron chi connectivity index (χ1n) is 6.27. The van der Waals surface area contributed by atoms with Gasteiger partial charge in [-0.25, -0.2) is 4.98 Å². The Morgan fingerprint density at radius 1 is 1.39 bits per heavy atom. The van der Waals surface area contributed by atoms with Gasteiger partial charge in [-0.05, 0) is 6.07 Å². The number of aromatic nitrogens is 3. The minimum atomic E-state index is -3.71. The third kappa shape index (κ3) is 4.02. The predicted octanol–water partition coefficient (Wildman–Crippen LogP) is 0.875. The number of nitro groups is 1. The van der Waals surface area contributed by atoms with E-state index in [4.69, 9.17) is 8.92 Å². The van der Waals surface area contributed by atoms with E-state index in [-0.39, 0.29) is 22.8 Å². The first-order chi connectivity index (χ1) is 10.7. The Balaban J connectivity index is 2.57. The lowest BCUT2D eigenvalue weighted by molar-refractivity contribution is -0.385. The highest BCUT2D eigenvalue weighted by atomic mass is 32.2. The van der Waals surface area contributed by atoms with Gasteiger partial charge in [0.1, 0.15) is 6.33 Å². The smallest absolute Gasteiger partial charge is 0.312 e. The van der Waals surface area contributed by atoms with Crippen LogP contribution in [0.2, 0.25) is 0 Å². The average Bonchev–Trinajstić information content (AvgIpc) is 2.89. The van der Waals surface area contributed by atoms with Crippen LogP contribution in [0.15, 0.2) is 18.5 Å². The summed E-state index contributed by atoms with van der Waals surface area (Å²) in [5, 5.41) is 15.3. The van der Waals surface area contributed by atoms with Crippen molar-refractivity contribution in [3.8, 4) is 17.1 Å². The Hall–Kier alpha value is -2.53. The van der Waals surface area contributed by atoms with Crippen molar-refractivity contribution in [2.75, 3.05) is 13.4 Å². The van der Waals surface area contributed by atoms with Gasteiger partial charge in [-0.2, -0.15) is 13.5 Å². The van der Waals surface area contributed by atoms with E-state index in [1.165, 1.54) is 30.3 Å². The van der Waals surface area contributed by atoms with Gasteiger partial charge in [-0.1, -0.05) is 0 Å². The lowest BCUT2D eigenvalue weighted by Gasteiger charge is -2.10. The summed E-state index contributed by atoms with van der Waals surface area (Å²) in [5.41, 5.74) is 0.226. The molecule has 124 valence electrons. The molecule has 0 unspecified atom stereocenters. The van der Waals surface area contributed by atoms with E-state index < -0.39 is 21.6 Å². The predicted molar refractivity (Wildman–Crippen MR) is 79.3 cm³/mol. The van der Waals surface area contributed by atoms with Crippen LogP contribution < -0.4 is 4.74 Å². The van der Waals surface area contributed by atoms with Crippen molar-refractivity contribution >= 4 is 15.8 Å².